The van der Waals surface area contributed by atoms with Crippen LogP contribution in [0.25, 0.3) is 0 Å². The Labute approximate surface area is 120 Å². The summed E-state index contributed by atoms with van der Waals surface area (Å²) in [6, 6.07) is 5.45. The number of nitrogens with zero attached hydrogens (tertiary/aromatic N) is 1. The number of nitrogens with one attached hydrogen (secondary N) is 1. The molecule has 0 spiro atoms. The average molecular weight is 277 g/mol. The molecular weight excluding hydrogens is 254 g/mol. The van der Waals surface area contributed by atoms with Gasteiger partial charge in [0, 0.05) is 18.2 Å². The lowest BCUT2D eigenvalue weighted by Gasteiger charge is -2.23. The van der Waals surface area contributed by atoms with Crippen molar-refractivity contribution in [3.63, 3.8) is 0 Å². The Balaban J connectivity index is 1.91. The minimum atomic E-state index is -0.0886. The maximum Gasteiger partial charge on any atom is 0.251 e. The second-order valence-corrected chi connectivity index (χ2v) is 5.26. The SMILES string of the molecule is COc1cc(C(=O)NCC(C)N2CCCC2)ccc1N. The fraction of sp³-hybridized carbons (Fsp3) is 0.533. The maximum absolute atomic E-state index is 12.1. The zero-order valence-electron chi connectivity index (χ0n) is 12.2. The van der Waals surface area contributed by atoms with Crippen LogP contribution in [0.2, 0.25) is 0 Å². The first kappa shape index (κ1) is 14.7. The van der Waals surface area contributed by atoms with Crippen LogP contribution in [0.4, 0.5) is 5.69 Å². The third kappa shape index (κ3) is 3.42. The number of carbonyl (C=O) groups is 1. The summed E-state index contributed by atoms with van der Waals surface area (Å²) in [5.74, 6) is 0.444. The molecule has 1 aliphatic heterocycles. The smallest absolute Gasteiger partial charge is 0.251 e. The Morgan fingerprint density at radius 2 is 2.15 bits per heavy atom. The van der Waals surface area contributed by atoms with Gasteiger partial charge in [-0.25, -0.2) is 0 Å². The molecule has 0 radical (unpaired) electrons. The van der Waals surface area contributed by atoms with E-state index < -0.39 is 0 Å². The minimum absolute atomic E-state index is 0.0886. The van der Waals surface area contributed by atoms with E-state index in [0.29, 0.717) is 29.6 Å². The molecule has 3 N–H and O–H groups in total. The van der Waals surface area contributed by atoms with Crippen LogP contribution in [-0.4, -0.2) is 43.6 Å². The molecule has 20 heavy (non-hydrogen) atoms. The van der Waals surface area contributed by atoms with Gasteiger partial charge in [-0.3, -0.25) is 9.69 Å². The molecule has 0 bridgehead atoms. The number of amides is 1. The van der Waals surface area contributed by atoms with Crippen LogP contribution in [0.3, 0.4) is 0 Å². The molecule has 5 nitrogen and oxygen atoms in total. The zero-order chi connectivity index (χ0) is 14.5. The molecule has 0 aliphatic carbocycles. The van der Waals surface area contributed by atoms with Gasteiger partial charge in [-0.05, 0) is 51.1 Å². The number of anilines is 1. The van der Waals surface area contributed by atoms with Gasteiger partial charge in [-0.2, -0.15) is 0 Å². The summed E-state index contributed by atoms with van der Waals surface area (Å²) >= 11 is 0. The highest BCUT2D eigenvalue weighted by Gasteiger charge is 2.18. The molecule has 2 rings (SSSR count). The molecule has 1 unspecified atom stereocenters. The molecule has 5 heteroatoms. The lowest BCUT2D eigenvalue weighted by atomic mass is 10.1. The zero-order valence-corrected chi connectivity index (χ0v) is 12.2. The normalized spacial score (nSPS) is 16.9. The van der Waals surface area contributed by atoms with Crippen molar-refractivity contribution < 1.29 is 9.53 Å². The van der Waals surface area contributed by atoms with E-state index in [-0.39, 0.29) is 5.91 Å². The van der Waals surface area contributed by atoms with Gasteiger partial charge in [-0.1, -0.05) is 0 Å². The summed E-state index contributed by atoms with van der Waals surface area (Å²) in [5, 5.41) is 2.97. The summed E-state index contributed by atoms with van der Waals surface area (Å²) in [4.78, 5) is 14.5. The van der Waals surface area contributed by atoms with Crippen molar-refractivity contribution in [2.75, 3.05) is 32.5 Å². The number of nitrogen functional groups attached to an aromatic ring is 1. The second-order valence-electron chi connectivity index (χ2n) is 5.26. The van der Waals surface area contributed by atoms with Crippen molar-refractivity contribution >= 4 is 11.6 Å². The molecule has 1 aromatic carbocycles. The van der Waals surface area contributed by atoms with E-state index in [9.17, 15) is 4.79 Å². The molecule has 0 aromatic heterocycles. The number of benzene rings is 1. The molecule has 1 atom stereocenters. The number of ether oxygens (including phenoxy) is 1. The Bertz CT molecular complexity index is 470. The predicted molar refractivity (Wildman–Crippen MR) is 80.0 cm³/mol. The van der Waals surface area contributed by atoms with Gasteiger partial charge in [0.15, 0.2) is 0 Å². The number of rotatable bonds is 5. The fourth-order valence-electron chi connectivity index (χ4n) is 2.51. The van der Waals surface area contributed by atoms with Crippen molar-refractivity contribution in [1.82, 2.24) is 10.2 Å². The fourth-order valence-corrected chi connectivity index (χ4v) is 2.51. The van der Waals surface area contributed by atoms with Crippen LogP contribution in [0.15, 0.2) is 18.2 Å². The number of nitrogens with two attached hydrogens (primary N) is 1. The Hall–Kier alpha value is -1.75. The van der Waals surface area contributed by atoms with Gasteiger partial charge < -0.3 is 15.8 Å². The van der Waals surface area contributed by atoms with E-state index in [0.717, 1.165) is 13.1 Å². The number of methoxy groups -OCH3 is 1. The van der Waals surface area contributed by atoms with E-state index in [4.69, 9.17) is 10.5 Å². The van der Waals surface area contributed by atoms with E-state index >= 15 is 0 Å². The summed E-state index contributed by atoms with van der Waals surface area (Å²) in [6.07, 6.45) is 2.51. The number of likely N-dealkylation sites (tertiary alicyclic amines) is 1. The van der Waals surface area contributed by atoms with E-state index in [1.54, 1.807) is 25.3 Å². The monoisotopic (exact) mass is 277 g/mol. The first-order valence-corrected chi connectivity index (χ1v) is 7.07. The molecule has 1 aliphatic rings. The first-order chi connectivity index (χ1) is 9.61. The van der Waals surface area contributed by atoms with E-state index in [2.05, 4.69) is 17.1 Å². The summed E-state index contributed by atoms with van der Waals surface area (Å²) < 4.78 is 5.13. The molecule has 1 saturated heterocycles. The van der Waals surface area contributed by atoms with Crippen molar-refractivity contribution in [2.24, 2.45) is 0 Å². The second kappa shape index (κ2) is 6.61. The van der Waals surface area contributed by atoms with Crippen LogP contribution in [0, 0.1) is 0 Å². The van der Waals surface area contributed by atoms with Gasteiger partial charge in [0.1, 0.15) is 5.75 Å². The molecular formula is C15H23N3O2. The third-order valence-corrected chi connectivity index (χ3v) is 3.82. The summed E-state index contributed by atoms with van der Waals surface area (Å²) in [7, 11) is 1.54. The Kier molecular flexibility index (Phi) is 4.84. The van der Waals surface area contributed by atoms with Crippen LogP contribution in [0.1, 0.15) is 30.1 Å². The molecule has 1 amide bonds. The van der Waals surface area contributed by atoms with Gasteiger partial charge in [0.05, 0.1) is 12.8 Å². The molecule has 110 valence electrons. The van der Waals surface area contributed by atoms with Crippen LogP contribution < -0.4 is 15.8 Å². The van der Waals surface area contributed by atoms with Crippen LogP contribution in [-0.2, 0) is 0 Å². The predicted octanol–water partition coefficient (Wildman–Crippen LogP) is 1.49. The van der Waals surface area contributed by atoms with Crippen LogP contribution >= 0.6 is 0 Å². The highest BCUT2D eigenvalue weighted by molar-refractivity contribution is 5.95. The molecule has 1 fully saturated rings. The van der Waals surface area contributed by atoms with Gasteiger partial charge >= 0.3 is 0 Å². The van der Waals surface area contributed by atoms with Crippen LogP contribution in [0.5, 0.6) is 5.75 Å². The molecule has 1 heterocycles. The first-order valence-electron chi connectivity index (χ1n) is 7.07. The highest BCUT2D eigenvalue weighted by atomic mass is 16.5. The summed E-state index contributed by atoms with van der Waals surface area (Å²) in [5.41, 5.74) is 6.85. The summed E-state index contributed by atoms with van der Waals surface area (Å²) in [6.45, 7) is 5.07. The average Bonchev–Trinajstić information content (AvgIpc) is 2.99. The Morgan fingerprint density at radius 1 is 1.45 bits per heavy atom. The van der Waals surface area contributed by atoms with Crippen molar-refractivity contribution in [3.8, 4) is 5.75 Å². The van der Waals surface area contributed by atoms with Crippen molar-refractivity contribution in [1.29, 1.82) is 0 Å². The number of hydrogen-bond donors (Lipinski definition) is 2. The van der Waals surface area contributed by atoms with E-state index in [1.807, 2.05) is 0 Å². The largest absolute Gasteiger partial charge is 0.495 e. The lowest BCUT2D eigenvalue weighted by molar-refractivity contribution is 0.0940. The van der Waals surface area contributed by atoms with E-state index in [1.165, 1.54) is 12.8 Å². The topological polar surface area (TPSA) is 67.6 Å². The lowest BCUT2D eigenvalue weighted by Crippen LogP contribution is -2.40. The van der Waals surface area contributed by atoms with Crippen molar-refractivity contribution in [3.05, 3.63) is 23.8 Å². The molecule has 0 saturated carbocycles. The minimum Gasteiger partial charge on any atom is -0.495 e. The quantitative estimate of drug-likeness (QED) is 0.800. The van der Waals surface area contributed by atoms with Gasteiger partial charge in [0.25, 0.3) is 5.91 Å². The third-order valence-electron chi connectivity index (χ3n) is 3.82. The number of hydrogen-bond acceptors (Lipinski definition) is 4. The molecule has 1 aromatic rings. The Morgan fingerprint density at radius 3 is 2.80 bits per heavy atom. The highest BCUT2D eigenvalue weighted by Crippen LogP contribution is 2.22. The standard InChI is InChI=1S/C15H23N3O2/c1-11(18-7-3-4-8-18)10-17-15(19)12-5-6-13(16)14(9-12)20-2/h5-6,9,11H,3-4,7-8,10,16H2,1-2H3,(H,17,19). The van der Waals surface area contributed by atoms with Crippen molar-refractivity contribution in [2.45, 2.75) is 25.8 Å². The van der Waals surface area contributed by atoms with Gasteiger partial charge in [0.2, 0.25) is 0 Å². The van der Waals surface area contributed by atoms with Gasteiger partial charge in [-0.15, -0.1) is 0 Å². The number of carbonyl (C=O) groups excluding carboxylic acids is 1. The maximum atomic E-state index is 12.1.